The zero-order valence-electron chi connectivity index (χ0n) is 21.7. The highest BCUT2D eigenvalue weighted by Gasteiger charge is 2.33. The summed E-state index contributed by atoms with van der Waals surface area (Å²) in [5.74, 6) is 0.117. The molecule has 4 rings (SSSR count). The monoisotopic (exact) mass is 493 g/mol. The van der Waals surface area contributed by atoms with Gasteiger partial charge in [-0.2, -0.15) is 0 Å². The number of halogens is 1. The number of nitrogens with zero attached hydrogens (tertiary/aromatic N) is 3. The molecule has 2 heterocycles. The molecule has 1 aliphatic rings. The van der Waals surface area contributed by atoms with Crippen molar-refractivity contribution in [3.63, 3.8) is 0 Å². The number of imidazole rings is 1. The number of aryl methyl sites for hydroxylation is 2. The molecule has 3 aromatic rings. The molecule has 192 valence electrons. The minimum Gasteiger partial charge on any atom is -0.466 e. The molecule has 1 amide bonds. The smallest absolute Gasteiger partial charge is 0.309 e. The first kappa shape index (κ1) is 25.9. The van der Waals surface area contributed by atoms with Crippen molar-refractivity contribution < 1.29 is 18.7 Å². The van der Waals surface area contributed by atoms with Crippen molar-refractivity contribution in [1.29, 1.82) is 0 Å². The van der Waals surface area contributed by atoms with E-state index < -0.39 is 6.04 Å². The lowest BCUT2D eigenvalue weighted by atomic mass is 9.96. The van der Waals surface area contributed by atoms with E-state index in [4.69, 9.17) is 9.72 Å². The van der Waals surface area contributed by atoms with E-state index in [9.17, 15) is 14.0 Å². The van der Waals surface area contributed by atoms with Crippen LogP contribution in [-0.4, -0.2) is 46.0 Å². The molecule has 0 N–H and O–H groups in total. The van der Waals surface area contributed by atoms with Crippen LogP contribution < -0.4 is 0 Å². The number of hydrogen-bond donors (Lipinski definition) is 0. The number of esters is 1. The third-order valence-electron chi connectivity index (χ3n) is 7.27. The predicted molar refractivity (Wildman–Crippen MR) is 138 cm³/mol. The van der Waals surface area contributed by atoms with E-state index in [2.05, 4.69) is 19.9 Å². The van der Waals surface area contributed by atoms with Gasteiger partial charge >= 0.3 is 5.97 Å². The lowest BCUT2D eigenvalue weighted by molar-refractivity contribution is -0.151. The van der Waals surface area contributed by atoms with Gasteiger partial charge in [0, 0.05) is 19.5 Å². The Hall–Kier alpha value is -3.22. The van der Waals surface area contributed by atoms with E-state index in [0.717, 1.165) is 28.6 Å². The molecule has 2 aromatic carbocycles. The van der Waals surface area contributed by atoms with Crippen LogP contribution in [0, 0.1) is 25.6 Å². The second kappa shape index (κ2) is 11.2. The molecular formula is C29H36FN3O3. The van der Waals surface area contributed by atoms with Crippen LogP contribution in [0.5, 0.6) is 0 Å². The van der Waals surface area contributed by atoms with Crippen molar-refractivity contribution in [3.8, 4) is 0 Å². The van der Waals surface area contributed by atoms with Gasteiger partial charge in [0.2, 0.25) is 5.91 Å². The molecule has 0 bridgehead atoms. The van der Waals surface area contributed by atoms with Crippen molar-refractivity contribution >= 4 is 22.9 Å². The lowest BCUT2D eigenvalue weighted by Crippen LogP contribution is -2.44. The van der Waals surface area contributed by atoms with Gasteiger partial charge < -0.3 is 14.2 Å². The van der Waals surface area contributed by atoms with Crippen LogP contribution >= 0.6 is 0 Å². The van der Waals surface area contributed by atoms with E-state index in [1.807, 2.05) is 35.4 Å². The molecule has 0 radical (unpaired) electrons. The van der Waals surface area contributed by atoms with Crippen LogP contribution in [0.3, 0.4) is 0 Å². The molecular weight excluding hydrogens is 457 g/mol. The van der Waals surface area contributed by atoms with Crippen molar-refractivity contribution in [1.82, 2.24) is 14.5 Å². The minimum atomic E-state index is -0.442. The molecule has 0 aliphatic carbocycles. The topological polar surface area (TPSA) is 64.4 Å². The molecule has 1 atom stereocenters. The second-order valence-electron chi connectivity index (χ2n) is 9.75. The number of rotatable bonds is 8. The van der Waals surface area contributed by atoms with E-state index >= 15 is 0 Å². The summed E-state index contributed by atoms with van der Waals surface area (Å²) >= 11 is 0. The Morgan fingerprint density at radius 3 is 2.47 bits per heavy atom. The Morgan fingerprint density at radius 1 is 1.11 bits per heavy atom. The van der Waals surface area contributed by atoms with Crippen LogP contribution in [0.2, 0.25) is 0 Å². The average Bonchev–Trinajstić information content (AvgIpc) is 3.20. The number of likely N-dealkylation sites (tertiary alicyclic amines) is 1. The fourth-order valence-electron chi connectivity index (χ4n) is 5.13. The Labute approximate surface area is 212 Å². The zero-order valence-corrected chi connectivity index (χ0v) is 21.7. The second-order valence-corrected chi connectivity index (χ2v) is 9.75. The van der Waals surface area contributed by atoms with Gasteiger partial charge in [-0.15, -0.1) is 0 Å². The number of carbonyl (C=O) groups excluding carboxylic acids is 2. The van der Waals surface area contributed by atoms with Crippen LogP contribution in [-0.2, 0) is 20.7 Å². The number of amides is 1. The average molecular weight is 494 g/mol. The van der Waals surface area contributed by atoms with Crippen LogP contribution in [0.4, 0.5) is 4.39 Å². The minimum absolute atomic E-state index is 0.0338. The summed E-state index contributed by atoms with van der Waals surface area (Å²) < 4.78 is 21.8. The largest absolute Gasteiger partial charge is 0.466 e. The van der Waals surface area contributed by atoms with Crippen LogP contribution in [0.15, 0.2) is 36.4 Å². The first-order valence-electron chi connectivity index (χ1n) is 13.0. The molecule has 1 unspecified atom stereocenters. The van der Waals surface area contributed by atoms with E-state index in [0.29, 0.717) is 56.8 Å². The van der Waals surface area contributed by atoms with Crippen molar-refractivity contribution in [2.45, 2.75) is 65.8 Å². The number of piperidine rings is 1. The fourth-order valence-corrected chi connectivity index (χ4v) is 5.13. The highest BCUT2D eigenvalue weighted by atomic mass is 19.1. The predicted octanol–water partition coefficient (Wildman–Crippen LogP) is 5.53. The Morgan fingerprint density at radius 2 is 1.81 bits per heavy atom. The third kappa shape index (κ3) is 5.30. The Bertz CT molecular complexity index is 1240. The van der Waals surface area contributed by atoms with Gasteiger partial charge in [-0.25, -0.2) is 9.37 Å². The van der Waals surface area contributed by atoms with E-state index in [1.54, 1.807) is 12.1 Å². The molecule has 1 aliphatic heterocycles. The van der Waals surface area contributed by atoms with Crippen molar-refractivity contribution in [2.75, 3.05) is 19.7 Å². The number of fused-ring (bicyclic) bond motifs is 1. The van der Waals surface area contributed by atoms with Crippen molar-refractivity contribution in [2.24, 2.45) is 5.92 Å². The van der Waals surface area contributed by atoms with Gasteiger partial charge in [-0.05, 0) is 74.9 Å². The molecule has 1 aromatic heterocycles. The molecule has 1 fully saturated rings. The normalized spacial score (nSPS) is 15.3. The van der Waals surface area contributed by atoms with Gasteiger partial charge in [0.15, 0.2) is 0 Å². The lowest BCUT2D eigenvalue weighted by Gasteiger charge is -2.34. The van der Waals surface area contributed by atoms with Gasteiger partial charge in [0.25, 0.3) is 0 Å². The summed E-state index contributed by atoms with van der Waals surface area (Å²) in [5, 5.41) is 0. The highest BCUT2D eigenvalue weighted by Crippen LogP contribution is 2.31. The molecule has 6 nitrogen and oxygen atoms in total. The van der Waals surface area contributed by atoms with Crippen molar-refractivity contribution in [3.05, 3.63) is 64.7 Å². The number of benzene rings is 2. The van der Waals surface area contributed by atoms with Gasteiger partial charge in [0.05, 0.1) is 23.6 Å². The van der Waals surface area contributed by atoms with E-state index in [1.165, 1.54) is 6.07 Å². The molecule has 7 heteroatoms. The standard InChI is InChI=1S/C29H36FN3O3/c1-5-9-25(28(34)32-14-12-21(13-15-32)29(35)36-6-2)33-26-17-20(4)19(3)16-24(26)31-27(33)18-22-10-7-8-11-23(22)30/h7-8,10-11,16-17,21,25H,5-6,9,12-15,18H2,1-4H3. The van der Waals surface area contributed by atoms with E-state index in [-0.39, 0.29) is 23.6 Å². The third-order valence-corrected chi connectivity index (χ3v) is 7.27. The number of aromatic nitrogens is 2. The quantitative estimate of drug-likeness (QED) is 0.387. The molecule has 1 saturated heterocycles. The maximum atomic E-state index is 14.6. The zero-order chi connectivity index (χ0) is 25.8. The summed E-state index contributed by atoms with van der Waals surface area (Å²) in [6.45, 7) is 9.40. The highest BCUT2D eigenvalue weighted by molar-refractivity contribution is 5.85. The summed E-state index contributed by atoms with van der Waals surface area (Å²) in [7, 11) is 0. The number of carbonyl (C=O) groups is 2. The number of hydrogen-bond acceptors (Lipinski definition) is 4. The first-order valence-corrected chi connectivity index (χ1v) is 13.0. The van der Waals surface area contributed by atoms with Crippen LogP contribution in [0.1, 0.15) is 68.1 Å². The molecule has 36 heavy (non-hydrogen) atoms. The SMILES string of the molecule is CCCC(C(=O)N1CCC(C(=O)OCC)CC1)n1c(Cc2ccccc2F)nc2cc(C)c(C)cc21. The Balaban J connectivity index is 1.70. The van der Waals surface area contributed by atoms with Gasteiger partial charge in [-0.3, -0.25) is 9.59 Å². The van der Waals surface area contributed by atoms with Gasteiger partial charge in [0.1, 0.15) is 17.7 Å². The maximum absolute atomic E-state index is 14.6. The molecule has 0 spiro atoms. The summed E-state index contributed by atoms with van der Waals surface area (Å²) in [6.07, 6.45) is 2.99. The van der Waals surface area contributed by atoms with Crippen LogP contribution in [0.25, 0.3) is 11.0 Å². The fraction of sp³-hybridized carbons (Fsp3) is 0.483. The van der Waals surface area contributed by atoms with Gasteiger partial charge in [-0.1, -0.05) is 31.5 Å². The summed E-state index contributed by atoms with van der Waals surface area (Å²) in [6, 6.07) is 10.4. The number of ether oxygens (including phenoxy) is 1. The Kier molecular flexibility index (Phi) is 8.07. The maximum Gasteiger partial charge on any atom is 0.309 e. The molecule has 0 saturated carbocycles. The summed E-state index contributed by atoms with van der Waals surface area (Å²) in [4.78, 5) is 32.9. The summed E-state index contributed by atoms with van der Waals surface area (Å²) in [5.41, 5.74) is 4.53. The first-order chi connectivity index (χ1) is 17.3.